The normalized spacial score (nSPS) is 26.8. The molecule has 1 aromatic carbocycles. The number of hydrogen-bond donors (Lipinski definition) is 1. The Kier molecular flexibility index (Phi) is 3.87. The van der Waals surface area contributed by atoms with Gasteiger partial charge in [-0.3, -0.25) is 4.90 Å². The minimum absolute atomic E-state index is 0.565. The Morgan fingerprint density at radius 2 is 2.10 bits per heavy atom. The zero-order valence-corrected chi connectivity index (χ0v) is 12.8. The molecule has 1 aromatic rings. The van der Waals surface area contributed by atoms with Gasteiger partial charge in [0.15, 0.2) is 0 Å². The zero-order valence-electron chi connectivity index (χ0n) is 12.8. The van der Waals surface area contributed by atoms with Gasteiger partial charge in [-0.25, -0.2) is 0 Å². The highest BCUT2D eigenvalue weighted by Crippen LogP contribution is 2.31. The third-order valence-corrected chi connectivity index (χ3v) is 5.45. The molecule has 0 amide bonds. The van der Waals surface area contributed by atoms with Gasteiger partial charge in [0.1, 0.15) is 0 Å². The standard InChI is InChI=1S/C18H26N2O/c1-3-15-6-9-19-18(15)16(4-1)13-20-10-7-14(8-11-20)17-5-2-12-21-17/h1,3-4,14,17,19H,2,5-13H2. The van der Waals surface area contributed by atoms with E-state index in [1.54, 1.807) is 0 Å². The first-order valence-electron chi connectivity index (χ1n) is 8.59. The maximum absolute atomic E-state index is 5.88. The number of para-hydroxylation sites is 1. The summed E-state index contributed by atoms with van der Waals surface area (Å²) >= 11 is 0. The molecule has 0 spiro atoms. The van der Waals surface area contributed by atoms with Crippen molar-refractivity contribution in [3.05, 3.63) is 29.3 Å². The van der Waals surface area contributed by atoms with Gasteiger partial charge < -0.3 is 10.1 Å². The van der Waals surface area contributed by atoms with E-state index in [2.05, 4.69) is 28.4 Å². The fourth-order valence-electron chi connectivity index (χ4n) is 4.24. The van der Waals surface area contributed by atoms with Crippen molar-refractivity contribution in [2.24, 2.45) is 5.92 Å². The molecular formula is C18H26N2O. The first-order chi connectivity index (χ1) is 10.4. The summed E-state index contributed by atoms with van der Waals surface area (Å²) in [5, 5.41) is 3.57. The molecule has 2 saturated heterocycles. The van der Waals surface area contributed by atoms with Crippen LogP contribution < -0.4 is 5.32 Å². The Morgan fingerprint density at radius 3 is 2.90 bits per heavy atom. The smallest absolute Gasteiger partial charge is 0.0605 e. The summed E-state index contributed by atoms with van der Waals surface area (Å²) in [6.45, 7) is 5.66. The van der Waals surface area contributed by atoms with Gasteiger partial charge in [0.2, 0.25) is 0 Å². The van der Waals surface area contributed by atoms with Crippen molar-refractivity contribution in [2.75, 3.05) is 31.6 Å². The van der Waals surface area contributed by atoms with Crippen molar-refractivity contribution in [1.29, 1.82) is 0 Å². The third kappa shape index (κ3) is 2.82. The fourth-order valence-corrected chi connectivity index (χ4v) is 4.24. The lowest BCUT2D eigenvalue weighted by atomic mass is 9.89. The molecule has 4 rings (SSSR count). The van der Waals surface area contributed by atoms with Crippen molar-refractivity contribution >= 4 is 5.69 Å². The van der Waals surface area contributed by atoms with Crippen molar-refractivity contribution in [3.8, 4) is 0 Å². The maximum atomic E-state index is 5.88. The Hall–Kier alpha value is -1.06. The molecule has 0 saturated carbocycles. The van der Waals surface area contributed by atoms with Gasteiger partial charge in [-0.05, 0) is 62.2 Å². The van der Waals surface area contributed by atoms with Gasteiger partial charge in [0.05, 0.1) is 6.10 Å². The lowest BCUT2D eigenvalue weighted by Crippen LogP contribution is -2.37. The van der Waals surface area contributed by atoms with Crippen molar-refractivity contribution in [1.82, 2.24) is 4.90 Å². The van der Waals surface area contributed by atoms with Crippen LogP contribution in [0.15, 0.2) is 18.2 Å². The molecule has 3 heterocycles. The van der Waals surface area contributed by atoms with Crippen LogP contribution >= 0.6 is 0 Å². The summed E-state index contributed by atoms with van der Waals surface area (Å²) < 4.78 is 5.88. The Labute approximate surface area is 127 Å². The molecule has 3 aliphatic heterocycles. The van der Waals surface area contributed by atoms with E-state index in [0.29, 0.717) is 6.10 Å². The highest BCUT2D eigenvalue weighted by atomic mass is 16.5. The highest BCUT2D eigenvalue weighted by molar-refractivity contribution is 5.61. The number of anilines is 1. The van der Waals surface area contributed by atoms with E-state index in [-0.39, 0.29) is 0 Å². The number of nitrogens with one attached hydrogen (secondary N) is 1. The van der Waals surface area contributed by atoms with Gasteiger partial charge in [0, 0.05) is 25.4 Å². The first kappa shape index (κ1) is 13.6. The summed E-state index contributed by atoms with van der Waals surface area (Å²) in [6, 6.07) is 6.78. The number of piperidine rings is 1. The van der Waals surface area contributed by atoms with E-state index in [4.69, 9.17) is 4.74 Å². The lowest BCUT2D eigenvalue weighted by Gasteiger charge is -2.34. The quantitative estimate of drug-likeness (QED) is 0.924. The predicted octanol–water partition coefficient (Wildman–Crippen LogP) is 3.05. The topological polar surface area (TPSA) is 24.5 Å². The first-order valence-corrected chi connectivity index (χ1v) is 8.59. The van der Waals surface area contributed by atoms with E-state index in [9.17, 15) is 0 Å². The highest BCUT2D eigenvalue weighted by Gasteiger charge is 2.29. The summed E-state index contributed by atoms with van der Waals surface area (Å²) in [4.78, 5) is 2.63. The van der Waals surface area contributed by atoms with E-state index < -0.39 is 0 Å². The van der Waals surface area contributed by atoms with Crippen molar-refractivity contribution in [3.63, 3.8) is 0 Å². The number of benzene rings is 1. The molecule has 3 heteroatoms. The SMILES string of the molecule is c1cc2c(c(CN3CCC(C4CCCO4)CC3)c1)NCC2. The summed E-state index contributed by atoms with van der Waals surface area (Å²) in [6.07, 6.45) is 6.94. The molecule has 114 valence electrons. The number of hydrogen-bond acceptors (Lipinski definition) is 3. The van der Waals surface area contributed by atoms with Crippen LogP contribution in [-0.2, 0) is 17.7 Å². The van der Waals surface area contributed by atoms with Gasteiger partial charge in [-0.15, -0.1) is 0 Å². The van der Waals surface area contributed by atoms with Crippen LogP contribution in [0.25, 0.3) is 0 Å². The third-order valence-electron chi connectivity index (χ3n) is 5.45. The molecule has 1 atom stereocenters. The van der Waals surface area contributed by atoms with E-state index in [1.807, 2.05) is 0 Å². The number of ether oxygens (including phenoxy) is 1. The minimum atomic E-state index is 0.565. The fraction of sp³-hybridized carbons (Fsp3) is 0.667. The second kappa shape index (κ2) is 5.98. The average Bonchev–Trinajstić information content (AvgIpc) is 3.20. The molecule has 0 radical (unpaired) electrons. The van der Waals surface area contributed by atoms with Crippen LogP contribution in [0.3, 0.4) is 0 Å². The molecule has 0 aromatic heterocycles. The molecule has 21 heavy (non-hydrogen) atoms. The van der Waals surface area contributed by atoms with Crippen LogP contribution in [0.4, 0.5) is 5.69 Å². The summed E-state index contributed by atoms with van der Waals surface area (Å²) in [7, 11) is 0. The van der Waals surface area contributed by atoms with E-state index in [1.165, 1.54) is 62.0 Å². The number of rotatable bonds is 3. The summed E-state index contributed by atoms with van der Waals surface area (Å²) in [5.41, 5.74) is 4.40. The molecule has 2 fully saturated rings. The Bertz CT molecular complexity index is 488. The molecule has 0 bridgehead atoms. The number of likely N-dealkylation sites (tertiary alicyclic amines) is 1. The van der Waals surface area contributed by atoms with Crippen molar-refractivity contribution < 1.29 is 4.74 Å². The number of fused-ring (bicyclic) bond motifs is 1. The Balaban J connectivity index is 1.36. The second-order valence-electron chi connectivity index (χ2n) is 6.79. The number of nitrogens with zero attached hydrogens (tertiary/aromatic N) is 1. The van der Waals surface area contributed by atoms with Gasteiger partial charge in [-0.1, -0.05) is 18.2 Å². The van der Waals surface area contributed by atoms with Gasteiger partial charge in [-0.2, -0.15) is 0 Å². The summed E-state index contributed by atoms with van der Waals surface area (Å²) in [5.74, 6) is 0.809. The average molecular weight is 286 g/mol. The zero-order chi connectivity index (χ0) is 14.1. The van der Waals surface area contributed by atoms with Crippen LogP contribution in [0.5, 0.6) is 0 Å². The lowest BCUT2D eigenvalue weighted by molar-refractivity contribution is 0.0305. The largest absolute Gasteiger partial charge is 0.384 e. The molecule has 1 N–H and O–H groups in total. The van der Waals surface area contributed by atoms with Crippen molar-refractivity contribution in [2.45, 2.75) is 44.8 Å². The van der Waals surface area contributed by atoms with E-state index in [0.717, 1.165) is 25.6 Å². The van der Waals surface area contributed by atoms with Crippen LogP contribution in [0.1, 0.15) is 36.8 Å². The molecular weight excluding hydrogens is 260 g/mol. The second-order valence-corrected chi connectivity index (χ2v) is 6.79. The molecule has 0 aliphatic carbocycles. The van der Waals surface area contributed by atoms with Crippen LogP contribution in [0.2, 0.25) is 0 Å². The monoisotopic (exact) mass is 286 g/mol. The van der Waals surface area contributed by atoms with Gasteiger partial charge >= 0.3 is 0 Å². The van der Waals surface area contributed by atoms with E-state index >= 15 is 0 Å². The molecule has 3 aliphatic rings. The maximum Gasteiger partial charge on any atom is 0.0605 e. The predicted molar refractivity (Wildman–Crippen MR) is 85.6 cm³/mol. The Morgan fingerprint density at radius 1 is 1.19 bits per heavy atom. The van der Waals surface area contributed by atoms with Crippen LogP contribution in [-0.4, -0.2) is 37.2 Å². The minimum Gasteiger partial charge on any atom is -0.384 e. The van der Waals surface area contributed by atoms with Gasteiger partial charge in [0.25, 0.3) is 0 Å². The molecule has 3 nitrogen and oxygen atoms in total. The van der Waals surface area contributed by atoms with Crippen LogP contribution in [0, 0.1) is 5.92 Å². The molecule has 1 unspecified atom stereocenters.